The van der Waals surface area contributed by atoms with Crippen LogP contribution in [0.3, 0.4) is 0 Å². The van der Waals surface area contributed by atoms with Crippen molar-refractivity contribution in [3.8, 4) is 0 Å². The predicted molar refractivity (Wildman–Crippen MR) is 106 cm³/mol. The van der Waals surface area contributed by atoms with Crippen molar-refractivity contribution in [2.24, 2.45) is 0 Å². The largest absolute Gasteiger partial charge is 0.376 e. The first-order chi connectivity index (χ1) is 13.0. The van der Waals surface area contributed by atoms with Crippen molar-refractivity contribution >= 4 is 23.2 Å². The molecular weight excluding hydrogens is 345 g/mol. The lowest BCUT2D eigenvalue weighted by atomic mass is 10.1. The van der Waals surface area contributed by atoms with E-state index in [0.717, 1.165) is 25.9 Å². The Kier molecular flexibility index (Phi) is 7.79. The van der Waals surface area contributed by atoms with Gasteiger partial charge < -0.3 is 15.5 Å². The van der Waals surface area contributed by atoms with Crippen molar-refractivity contribution < 1.29 is 14.0 Å². The molecule has 0 saturated carbocycles. The zero-order chi connectivity index (χ0) is 19.6. The molecule has 0 aliphatic carbocycles. The molecule has 0 bridgehead atoms. The monoisotopic (exact) mass is 371 g/mol. The van der Waals surface area contributed by atoms with Crippen LogP contribution in [0.5, 0.6) is 0 Å². The van der Waals surface area contributed by atoms with Gasteiger partial charge in [-0.05, 0) is 43.2 Å². The number of hydrogen-bond donors (Lipinski definition) is 2. The molecule has 0 saturated heterocycles. The molecule has 2 amide bonds. The Morgan fingerprint density at radius 3 is 2.37 bits per heavy atom. The first-order valence-corrected chi connectivity index (χ1v) is 9.22. The fourth-order valence-corrected chi connectivity index (χ4v) is 2.74. The minimum Gasteiger partial charge on any atom is -0.376 e. The maximum atomic E-state index is 13.6. The van der Waals surface area contributed by atoms with Crippen molar-refractivity contribution in [3.05, 3.63) is 59.9 Å². The van der Waals surface area contributed by atoms with Crippen molar-refractivity contribution in [2.45, 2.75) is 26.7 Å². The quantitative estimate of drug-likeness (QED) is 0.696. The summed E-state index contributed by atoms with van der Waals surface area (Å²) in [6, 6.07) is 13.1. The Morgan fingerprint density at radius 1 is 1.00 bits per heavy atom. The Bertz CT molecular complexity index is 774. The van der Waals surface area contributed by atoms with E-state index in [1.807, 2.05) is 18.7 Å². The van der Waals surface area contributed by atoms with E-state index in [0.29, 0.717) is 11.3 Å². The Labute approximate surface area is 159 Å². The number of hydrogen-bond acceptors (Lipinski definition) is 3. The summed E-state index contributed by atoms with van der Waals surface area (Å²) in [5.41, 5.74) is 1.39. The molecule has 0 aliphatic rings. The Morgan fingerprint density at radius 2 is 1.70 bits per heavy atom. The molecule has 0 aromatic heterocycles. The Hall–Kier alpha value is -2.89. The molecule has 2 rings (SSSR count). The average molecular weight is 371 g/mol. The van der Waals surface area contributed by atoms with Crippen LogP contribution < -0.4 is 10.6 Å². The summed E-state index contributed by atoms with van der Waals surface area (Å²) >= 11 is 0. The summed E-state index contributed by atoms with van der Waals surface area (Å²) < 4.78 is 13.6. The molecule has 0 spiro atoms. The number of anilines is 2. The smallest absolute Gasteiger partial charge is 0.253 e. The molecule has 0 heterocycles. The summed E-state index contributed by atoms with van der Waals surface area (Å²) in [7, 11) is 0. The number of amides is 2. The second kappa shape index (κ2) is 10.3. The molecule has 6 heteroatoms. The zero-order valence-electron chi connectivity index (χ0n) is 15.8. The van der Waals surface area contributed by atoms with Crippen LogP contribution in [-0.4, -0.2) is 36.3 Å². The van der Waals surface area contributed by atoms with Gasteiger partial charge in [-0.1, -0.05) is 32.0 Å². The van der Waals surface area contributed by atoms with Gasteiger partial charge in [0, 0.05) is 24.3 Å². The number of para-hydroxylation sites is 1. The number of rotatable bonds is 9. The van der Waals surface area contributed by atoms with Crippen LogP contribution in [0.4, 0.5) is 15.8 Å². The van der Waals surface area contributed by atoms with E-state index in [9.17, 15) is 14.0 Å². The van der Waals surface area contributed by atoms with Crippen LogP contribution in [0.15, 0.2) is 48.5 Å². The predicted octanol–water partition coefficient (Wildman–Crippen LogP) is 4.14. The molecular formula is C21H26FN3O2. The van der Waals surface area contributed by atoms with E-state index >= 15 is 0 Å². The summed E-state index contributed by atoms with van der Waals surface area (Å²) in [4.78, 5) is 26.5. The van der Waals surface area contributed by atoms with Crippen molar-refractivity contribution in [1.82, 2.24) is 4.90 Å². The molecule has 2 aromatic carbocycles. The highest BCUT2D eigenvalue weighted by Gasteiger charge is 2.14. The molecule has 2 N–H and O–H groups in total. The second-order valence-corrected chi connectivity index (χ2v) is 6.25. The third kappa shape index (κ3) is 6.09. The van der Waals surface area contributed by atoms with Gasteiger partial charge in [0.25, 0.3) is 5.91 Å². The average Bonchev–Trinajstić information content (AvgIpc) is 2.68. The summed E-state index contributed by atoms with van der Waals surface area (Å²) in [6.07, 6.45) is 1.81. The highest BCUT2D eigenvalue weighted by atomic mass is 19.1. The zero-order valence-corrected chi connectivity index (χ0v) is 15.8. The maximum absolute atomic E-state index is 13.6. The maximum Gasteiger partial charge on any atom is 0.253 e. The van der Waals surface area contributed by atoms with Crippen molar-refractivity contribution in [3.63, 3.8) is 0 Å². The van der Waals surface area contributed by atoms with Gasteiger partial charge in [0.1, 0.15) is 5.82 Å². The first-order valence-electron chi connectivity index (χ1n) is 9.22. The summed E-state index contributed by atoms with van der Waals surface area (Å²) in [5, 5.41) is 5.50. The number of nitrogens with zero attached hydrogens (tertiary/aromatic N) is 1. The lowest BCUT2D eigenvalue weighted by Gasteiger charge is -2.21. The molecule has 0 unspecified atom stereocenters. The Balaban J connectivity index is 1.97. The normalized spacial score (nSPS) is 10.3. The third-order valence-electron chi connectivity index (χ3n) is 3.98. The van der Waals surface area contributed by atoms with E-state index in [1.54, 1.807) is 36.4 Å². The standard InChI is InChI=1S/C21H26FN3O2/c1-3-12-25(13-4-2)21(27)16-8-7-9-17(14-16)23-15-20(26)24-19-11-6-5-10-18(19)22/h5-11,14,23H,3-4,12-13,15H2,1-2H3,(H,24,26). The van der Waals surface area contributed by atoms with Crippen molar-refractivity contribution in [2.75, 3.05) is 30.3 Å². The third-order valence-corrected chi connectivity index (χ3v) is 3.98. The molecule has 5 nitrogen and oxygen atoms in total. The molecule has 2 aromatic rings. The van der Waals surface area contributed by atoms with Crippen LogP contribution in [0, 0.1) is 5.82 Å². The van der Waals surface area contributed by atoms with E-state index < -0.39 is 5.82 Å². The van der Waals surface area contributed by atoms with E-state index in [1.165, 1.54) is 12.1 Å². The summed E-state index contributed by atoms with van der Waals surface area (Å²) in [5.74, 6) is -0.862. The van der Waals surface area contributed by atoms with Crippen LogP contribution >= 0.6 is 0 Å². The van der Waals surface area contributed by atoms with E-state index in [2.05, 4.69) is 10.6 Å². The van der Waals surface area contributed by atoms with Crippen LogP contribution in [-0.2, 0) is 4.79 Å². The lowest BCUT2D eigenvalue weighted by Crippen LogP contribution is -2.32. The molecule has 0 atom stereocenters. The number of carbonyl (C=O) groups is 2. The molecule has 27 heavy (non-hydrogen) atoms. The van der Waals surface area contributed by atoms with Crippen LogP contribution in [0.1, 0.15) is 37.0 Å². The number of nitrogens with one attached hydrogen (secondary N) is 2. The molecule has 0 aliphatic heterocycles. The minimum absolute atomic E-state index is 0.0156. The van der Waals surface area contributed by atoms with E-state index in [4.69, 9.17) is 0 Å². The highest BCUT2D eigenvalue weighted by Crippen LogP contribution is 2.15. The molecule has 0 fully saturated rings. The van der Waals surface area contributed by atoms with Crippen LogP contribution in [0.25, 0.3) is 0 Å². The SMILES string of the molecule is CCCN(CCC)C(=O)c1cccc(NCC(=O)Nc2ccccc2F)c1. The van der Waals surface area contributed by atoms with Gasteiger partial charge in [-0.3, -0.25) is 9.59 Å². The minimum atomic E-state index is -0.481. The number of halogens is 1. The lowest BCUT2D eigenvalue weighted by molar-refractivity contribution is -0.114. The van der Waals surface area contributed by atoms with E-state index in [-0.39, 0.29) is 24.0 Å². The topological polar surface area (TPSA) is 61.4 Å². The fourth-order valence-electron chi connectivity index (χ4n) is 2.74. The first kappa shape index (κ1) is 20.4. The van der Waals surface area contributed by atoms with Gasteiger partial charge >= 0.3 is 0 Å². The van der Waals surface area contributed by atoms with Crippen molar-refractivity contribution in [1.29, 1.82) is 0 Å². The van der Waals surface area contributed by atoms with Crippen LogP contribution in [0.2, 0.25) is 0 Å². The fraction of sp³-hybridized carbons (Fsp3) is 0.333. The van der Waals surface area contributed by atoms with Gasteiger partial charge in [0.05, 0.1) is 12.2 Å². The number of benzene rings is 2. The van der Waals surface area contributed by atoms with Gasteiger partial charge in [-0.2, -0.15) is 0 Å². The highest BCUT2D eigenvalue weighted by molar-refractivity contribution is 5.96. The second-order valence-electron chi connectivity index (χ2n) is 6.25. The van der Waals surface area contributed by atoms with Gasteiger partial charge in [-0.25, -0.2) is 4.39 Å². The molecule has 144 valence electrons. The molecule has 0 radical (unpaired) electrons. The van der Waals surface area contributed by atoms with Gasteiger partial charge in [0.15, 0.2) is 0 Å². The van der Waals surface area contributed by atoms with Gasteiger partial charge in [-0.15, -0.1) is 0 Å². The summed E-state index contributed by atoms with van der Waals surface area (Å²) in [6.45, 7) is 5.49. The van der Waals surface area contributed by atoms with Gasteiger partial charge in [0.2, 0.25) is 5.91 Å². The number of carbonyl (C=O) groups excluding carboxylic acids is 2.